The minimum Gasteiger partial charge on any atom is -0.508 e. The van der Waals surface area contributed by atoms with Crippen LogP contribution in [0.4, 0.5) is 9.18 Å². The molecule has 2 aliphatic heterocycles. The molecule has 0 bridgehead atoms. The van der Waals surface area contributed by atoms with E-state index in [2.05, 4.69) is 16.9 Å². The summed E-state index contributed by atoms with van der Waals surface area (Å²) in [6, 6.07) is 27.2. The highest BCUT2D eigenvalue weighted by Gasteiger charge is 2.51. The van der Waals surface area contributed by atoms with Gasteiger partial charge in [0.25, 0.3) is 0 Å². The average molecular weight is 687 g/mol. The molecule has 0 aliphatic carbocycles. The fourth-order valence-corrected chi connectivity index (χ4v) is 7.24. The molecule has 5 aromatic rings. The van der Waals surface area contributed by atoms with E-state index >= 15 is 0 Å². The number of fused-ring (bicyclic) bond motifs is 2. The Morgan fingerprint density at radius 1 is 0.980 bits per heavy atom. The van der Waals surface area contributed by atoms with Crippen LogP contribution in [0.25, 0.3) is 22.2 Å². The Labute approximate surface area is 295 Å². The van der Waals surface area contributed by atoms with Crippen LogP contribution in [0, 0.1) is 12.7 Å². The van der Waals surface area contributed by atoms with E-state index in [1.165, 1.54) is 6.07 Å². The second kappa shape index (κ2) is 14.1. The van der Waals surface area contributed by atoms with Gasteiger partial charge in [0.05, 0.1) is 24.3 Å². The number of para-hydroxylation sites is 1. The van der Waals surface area contributed by atoms with Crippen LogP contribution in [0.3, 0.4) is 0 Å². The molecule has 1 aromatic heterocycles. The van der Waals surface area contributed by atoms with Crippen molar-refractivity contribution in [2.75, 3.05) is 19.6 Å². The van der Waals surface area contributed by atoms with Crippen LogP contribution in [0.2, 0.25) is 0 Å². The molecule has 51 heavy (non-hydrogen) atoms. The minimum atomic E-state index is -0.922. The molecule has 2 saturated heterocycles. The largest absolute Gasteiger partial charge is 0.508 e. The number of H-pyrrole nitrogens is 1. The number of hydrazine groups is 1. The number of phenolic OH excluding ortho intramolecular Hbond substituents is 1. The number of halogens is 1. The first-order valence-electron chi connectivity index (χ1n) is 16.9. The van der Waals surface area contributed by atoms with Gasteiger partial charge in [-0.25, -0.2) is 19.2 Å². The third kappa shape index (κ3) is 6.55. The second-order valence-corrected chi connectivity index (χ2v) is 13.0. The Balaban J connectivity index is 1.27. The molecule has 260 valence electrons. The molecule has 7 rings (SSSR count). The van der Waals surface area contributed by atoms with E-state index in [4.69, 9.17) is 0 Å². The van der Waals surface area contributed by atoms with Crippen molar-refractivity contribution >= 4 is 28.7 Å². The molecule has 3 heterocycles. The van der Waals surface area contributed by atoms with E-state index in [-0.39, 0.29) is 62.5 Å². The molecule has 10 nitrogen and oxygen atoms in total. The van der Waals surface area contributed by atoms with Crippen LogP contribution in [0.1, 0.15) is 22.3 Å². The van der Waals surface area contributed by atoms with Crippen LogP contribution in [0.15, 0.2) is 110 Å². The average Bonchev–Trinajstić information content (AvgIpc) is 3.47. The van der Waals surface area contributed by atoms with Crippen LogP contribution < -0.4 is 5.32 Å². The number of aromatic nitrogens is 1. The zero-order valence-electron chi connectivity index (χ0n) is 28.3. The first-order chi connectivity index (χ1) is 24.7. The molecule has 3 N–H and O–H groups in total. The van der Waals surface area contributed by atoms with Crippen LogP contribution >= 0.6 is 0 Å². The van der Waals surface area contributed by atoms with Crippen molar-refractivity contribution in [1.82, 2.24) is 30.1 Å². The summed E-state index contributed by atoms with van der Waals surface area (Å²) in [5, 5.41) is 17.1. The number of benzene rings is 4. The van der Waals surface area contributed by atoms with Crippen molar-refractivity contribution < 1.29 is 23.9 Å². The number of carbonyl (C=O) groups excluding carboxylic acids is 3. The number of rotatable bonds is 9. The lowest BCUT2D eigenvalue weighted by atomic mass is 9.98. The predicted molar refractivity (Wildman–Crippen MR) is 192 cm³/mol. The Morgan fingerprint density at radius 2 is 1.73 bits per heavy atom. The van der Waals surface area contributed by atoms with E-state index in [1.807, 2.05) is 55.5 Å². The van der Waals surface area contributed by atoms with Gasteiger partial charge in [-0.2, -0.15) is 0 Å². The molecular weight excluding hydrogens is 647 g/mol. The standard InChI is InChI=1S/C40H39FN6O4/c1-3-20-45-25-36(49)46-34(21-27-16-18-30(48)19-17-27)39(50)44(24-35(46)47(45)40(51)42-22-28-10-5-4-6-11-28)23-29-12-9-14-31-26(2)37(43-38(29)31)32-13-7-8-15-33(32)41/h3-19,34-35,43,48H,1,20-25H2,2H3,(H,42,51)/t34-,35-/m0/s1. The molecule has 0 radical (unpaired) electrons. The van der Waals surface area contributed by atoms with Crippen molar-refractivity contribution in [3.05, 3.63) is 138 Å². The fourth-order valence-electron chi connectivity index (χ4n) is 7.24. The van der Waals surface area contributed by atoms with E-state index < -0.39 is 18.2 Å². The van der Waals surface area contributed by atoms with E-state index in [0.717, 1.165) is 33.2 Å². The van der Waals surface area contributed by atoms with Crippen molar-refractivity contribution in [3.63, 3.8) is 0 Å². The summed E-state index contributed by atoms with van der Waals surface area (Å²) < 4.78 is 14.9. The number of urea groups is 1. The predicted octanol–water partition coefficient (Wildman–Crippen LogP) is 5.72. The van der Waals surface area contributed by atoms with E-state index in [1.54, 1.807) is 68.4 Å². The van der Waals surface area contributed by atoms with Gasteiger partial charge in [0.15, 0.2) is 0 Å². The maximum atomic E-state index is 14.9. The molecule has 4 amide bonds. The molecule has 0 saturated carbocycles. The van der Waals surface area contributed by atoms with Gasteiger partial charge in [-0.3, -0.25) is 9.59 Å². The van der Waals surface area contributed by atoms with Gasteiger partial charge >= 0.3 is 6.03 Å². The lowest BCUT2D eigenvalue weighted by molar-refractivity contribution is -0.189. The quantitative estimate of drug-likeness (QED) is 0.172. The molecule has 0 unspecified atom stereocenters. The Hall–Kier alpha value is -5.94. The lowest BCUT2D eigenvalue weighted by Gasteiger charge is -2.55. The third-order valence-corrected chi connectivity index (χ3v) is 9.71. The zero-order chi connectivity index (χ0) is 35.6. The minimum absolute atomic E-state index is 0.0549. The van der Waals surface area contributed by atoms with Crippen molar-refractivity contribution in [2.45, 2.75) is 38.6 Å². The summed E-state index contributed by atoms with van der Waals surface area (Å²) in [6.45, 7) is 6.44. The summed E-state index contributed by atoms with van der Waals surface area (Å²) in [4.78, 5) is 49.3. The summed E-state index contributed by atoms with van der Waals surface area (Å²) in [5.74, 6) is -0.784. The highest BCUT2D eigenvalue weighted by atomic mass is 19.1. The molecule has 11 heteroatoms. The van der Waals surface area contributed by atoms with Gasteiger partial charge in [-0.05, 0) is 53.4 Å². The van der Waals surface area contributed by atoms with Crippen LogP contribution in [-0.2, 0) is 29.1 Å². The molecule has 2 fully saturated rings. The Kier molecular flexibility index (Phi) is 9.29. The van der Waals surface area contributed by atoms with Crippen LogP contribution in [0.5, 0.6) is 5.75 Å². The fraction of sp³-hybridized carbons (Fsp3) is 0.225. The van der Waals surface area contributed by atoms with Gasteiger partial charge in [-0.1, -0.05) is 78.9 Å². The van der Waals surface area contributed by atoms with E-state index in [9.17, 15) is 23.9 Å². The van der Waals surface area contributed by atoms with Crippen LogP contribution in [-0.4, -0.2) is 79.6 Å². The zero-order valence-corrected chi connectivity index (χ0v) is 28.3. The molecule has 0 spiro atoms. The number of aryl methyl sites for hydroxylation is 1. The number of hydrogen-bond acceptors (Lipinski definition) is 5. The topological polar surface area (TPSA) is 112 Å². The normalized spacial score (nSPS) is 17.9. The third-order valence-electron chi connectivity index (χ3n) is 9.71. The van der Waals surface area contributed by atoms with Gasteiger partial charge in [0.2, 0.25) is 11.8 Å². The first kappa shape index (κ1) is 33.6. The van der Waals surface area contributed by atoms with Gasteiger partial charge in [0, 0.05) is 37.0 Å². The number of piperazine rings is 1. The maximum Gasteiger partial charge on any atom is 0.334 e. The first-order valence-corrected chi connectivity index (χ1v) is 16.9. The smallest absolute Gasteiger partial charge is 0.334 e. The summed E-state index contributed by atoms with van der Waals surface area (Å²) in [6.07, 6.45) is 1.00. The Bertz CT molecular complexity index is 2100. The molecular formula is C40H39FN6O4. The number of aromatic hydroxyl groups is 1. The van der Waals surface area contributed by atoms with Crippen molar-refractivity contribution in [2.24, 2.45) is 0 Å². The highest BCUT2D eigenvalue weighted by molar-refractivity contribution is 5.94. The van der Waals surface area contributed by atoms with Gasteiger partial charge in [-0.15, -0.1) is 6.58 Å². The van der Waals surface area contributed by atoms with Crippen molar-refractivity contribution in [1.29, 1.82) is 0 Å². The maximum absolute atomic E-state index is 14.9. The number of aromatic amines is 1. The summed E-state index contributed by atoms with van der Waals surface area (Å²) in [5.41, 5.74) is 5.27. The van der Waals surface area contributed by atoms with Gasteiger partial charge in [0.1, 0.15) is 23.8 Å². The lowest BCUT2D eigenvalue weighted by Crippen LogP contribution is -2.76. The van der Waals surface area contributed by atoms with Gasteiger partial charge < -0.3 is 25.2 Å². The monoisotopic (exact) mass is 686 g/mol. The summed E-state index contributed by atoms with van der Waals surface area (Å²) in [7, 11) is 0. The number of nitrogens with one attached hydrogen (secondary N) is 2. The second-order valence-electron chi connectivity index (χ2n) is 13.0. The highest BCUT2D eigenvalue weighted by Crippen LogP contribution is 2.35. The molecule has 4 aromatic carbocycles. The van der Waals surface area contributed by atoms with E-state index in [0.29, 0.717) is 11.3 Å². The number of phenols is 1. The molecule has 2 aliphatic rings. The van der Waals surface area contributed by atoms with Crippen molar-refractivity contribution in [3.8, 4) is 17.0 Å². The number of hydrogen-bond donors (Lipinski definition) is 3. The summed E-state index contributed by atoms with van der Waals surface area (Å²) >= 11 is 0. The number of amides is 4. The number of carbonyl (C=O) groups is 3. The number of nitrogens with zero attached hydrogens (tertiary/aromatic N) is 4. The SMILES string of the molecule is C=CCN1CC(=O)N2[C@@H](Cc3ccc(O)cc3)C(=O)N(Cc3cccc4c(C)c(-c5ccccc5F)[nH]c34)C[C@@H]2N1C(=O)NCc1ccccc1. The Morgan fingerprint density at radius 3 is 2.47 bits per heavy atom. The molecule has 2 atom stereocenters.